The van der Waals surface area contributed by atoms with Crippen LogP contribution in [0.4, 0.5) is 55.2 Å². The van der Waals surface area contributed by atoms with Crippen molar-refractivity contribution in [2.75, 3.05) is 112 Å². The summed E-state index contributed by atoms with van der Waals surface area (Å²) in [5, 5.41) is 31.3. The van der Waals surface area contributed by atoms with Gasteiger partial charge in [0, 0.05) is 133 Å². The molecule has 0 radical (unpaired) electrons. The van der Waals surface area contributed by atoms with Gasteiger partial charge in [0.25, 0.3) is 28.9 Å². The maximum Gasteiger partial charge on any atom is 0.377 e. The number of anilines is 5. The number of benzene rings is 3. The van der Waals surface area contributed by atoms with Crippen LogP contribution in [0.1, 0.15) is 92.8 Å². The third-order valence-corrected chi connectivity index (χ3v) is 13.4. The second-order valence-corrected chi connectivity index (χ2v) is 20.5. The van der Waals surface area contributed by atoms with E-state index in [2.05, 4.69) is 70.1 Å². The van der Waals surface area contributed by atoms with E-state index in [0.29, 0.717) is 80.4 Å². The van der Waals surface area contributed by atoms with Crippen LogP contribution in [0.2, 0.25) is 0 Å². The molecule has 36 heteroatoms. The van der Waals surface area contributed by atoms with Crippen molar-refractivity contribution in [3.8, 4) is 0 Å². The zero-order valence-electron chi connectivity index (χ0n) is 51.3. The molecule has 0 aliphatic carbocycles. The number of esters is 1. The van der Waals surface area contributed by atoms with E-state index in [1.807, 2.05) is 0 Å². The number of nitrogens with zero attached hydrogens (tertiary/aromatic N) is 8. The van der Waals surface area contributed by atoms with Gasteiger partial charge in [0.1, 0.15) is 40.6 Å². The second-order valence-electron chi connectivity index (χ2n) is 19.9. The molecule has 2 saturated heterocycles. The number of ketones is 1. The predicted octanol–water partition coefficient (Wildman–Crippen LogP) is 7.07. The van der Waals surface area contributed by atoms with E-state index in [1.54, 1.807) is 48.6 Å². The van der Waals surface area contributed by atoms with Gasteiger partial charge in [0.15, 0.2) is 23.2 Å². The number of morpholine rings is 2. The topological polar surface area (TPSA) is 363 Å². The summed E-state index contributed by atoms with van der Waals surface area (Å²) in [5.74, 6) is -9.33. The maximum absolute atomic E-state index is 13.8. The molecule has 0 saturated carbocycles. The molecule has 7 heterocycles. The highest BCUT2D eigenvalue weighted by Crippen LogP contribution is 2.20. The van der Waals surface area contributed by atoms with Crippen LogP contribution in [0.25, 0.3) is 0 Å². The number of ether oxygens (including phenoxy) is 3. The Kier molecular flexibility index (Phi) is 28.7. The first-order valence-corrected chi connectivity index (χ1v) is 29.2. The van der Waals surface area contributed by atoms with E-state index in [4.69, 9.17) is 43.1 Å². The van der Waals surface area contributed by atoms with Gasteiger partial charge in [-0.25, -0.2) is 31.1 Å². The molecule has 7 N–H and O–H groups in total. The predicted molar refractivity (Wildman–Crippen MR) is 332 cm³/mol. The number of aryl methyl sites for hydroxylation is 2. The third kappa shape index (κ3) is 23.3. The van der Waals surface area contributed by atoms with Crippen molar-refractivity contribution in [3.63, 3.8) is 0 Å². The molecule has 28 nitrogen and oxygen atoms in total. The van der Waals surface area contributed by atoms with Crippen LogP contribution in [-0.4, -0.2) is 166 Å². The number of rotatable bonds is 19. The SMILES string of the molecule is CC(=O)c1cc(NC(=O)c2ccc(F)cc2F)no1.CCOC(=O)c1cc(N)no1.Cn1cc(NC(=O)c2cc(NC(=O)c3ccc(F)cc3F)no2)cc1C(=O)NCCN1CCOCC1.Cn1cc(NCl)cc1C([O-])=NCCN1CCOCC1.O=C(Cl)c1ccc(F)cc1F. The highest BCUT2D eigenvalue weighted by atomic mass is 35.5. The maximum atomic E-state index is 13.8. The standard InChI is InChI=1S/C23H24F2N6O5.C12H19ClN4O2.C12H8F2N2O3.C7H3ClF2O.C6H8N2O3/c1-30-13-15(11-18(30)22(33)26-4-5-31-6-8-35-9-7-31)27-23(34)19-12-20(29-36-19)28-21(32)16-3-2-14(24)10-17(16)25;1-16-9-10(15-13)8-11(16)12(18)14-2-3-17-4-6-19-7-5-17;1-6(17)10-5-11(16-19-10)15-12(18)8-3-2-7(13)4-9(8)14;8-7(11)5-2-1-4(9)3-6(5)10;1-2-10-6(9)4-3-5(7)8-11-4/h2-3,10-13H,4-9H2,1H3,(H,26,33)(H,27,34)(H,28,29,32);8-9,15H,2-7H2,1H3,(H,14,18);2-5H,1H3,(H,15,16,18);1-3H;3H,2H2,1H3,(H2,7,8)/p-1. The summed E-state index contributed by atoms with van der Waals surface area (Å²) >= 11 is 10.5. The fourth-order valence-electron chi connectivity index (χ4n) is 8.21. The van der Waals surface area contributed by atoms with Crippen molar-refractivity contribution in [3.05, 3.63) is 178 Å². The number of aromatic nitrogens is 5. The first-order chi connectivity index (χ1) is 45.8. The van der Waals surface area contributed by atoms with Crippen molar-refractivity contribution in [1.29, 1.82) is 0 Å². The lowest BCUT2D eigenvalue weighted by atomic mass is 10.2. The van der Waals surface area contributed by atoms with E-state index >= 15 is 0 Å². The van der Waals surface area contributed by atoms with Gasteiger partial charge in [-0.1, -0.05) is 15.5 Å². The number of carbonyl (C=O) groups is 7. The monoisotopic (exact) mass is 1390 g/mol. The van der Waals surface area contributed by atoms with Crippen molar-refractivity contribution >= 4 is 98.7 Å². The number of carbonyl (C=O) groups excluding carboxylic acids is 7. The molecular weight excluding hydrogens is 1330 g/mol. The number of nitrogens with two attached hydrogens (primary N) is 1. The van der Waals surface area contributed by atoms with Gasteiger partial charge in [0.05, 0.1) is 73.3 Å². The van der Waals surface area contributed by atoms with Crippen molar-refractivity contribution in [2.24, 2.45) is 19.1 Å². The molecule has 96 heavy (non-hydrogen) atoms. The van der Waals surface area contributed by atoms with Crippen molar-refractivity contribution < 1.29 is 92.8 Å². The van der Waals surface area contributed by atoms with Gasteiger partial charge in [-0.2, -0.15) is 0 Å². The number of nitrogens with one attached hydrogen (secondary N) is 5. The van der Waals surface area contributed by atoms with Crippen LogP contribution in [-0.2, 0) is 28.3 Å². The van der Waals surface area contributed by atoms with Crippen LogP contribution >= 0.6 is 23.4 Å². The average Bonchev–Trinajstić information content (AvgIpc) is 1.26. The van der Waals surface area contributed by atoms with Gasteiger partial charge >= 0.3 is 5.97 Å². The Balaban J connectivity index is 0.000000206. The lowest BCUT2D eigenvalue weighted by Crippen LogP contribution is -2.41. The fraction of sp³-hybridized carbons (Fsp3) is 0.283. The number of hydrogen-bond donors (Lipinski definition) is 6. The second kappa shape index (κ2) is 36.9. The molecule has 512 valence electrons. The van der Waals surface area contributed by atoms with Crippen LogP contribution in [0, 0.1) is 34.9 Å². The van der Waals surface area contributed by atoms with Crippen molar-refractivity contribution in [2.45, 2.75) is 13.8 Å². The summed E-state index contributed by atoms with van der Waals surface area (Å²) in [4.78, 5) is 92.1. The number of amides is 4. The Bertz CT molecular complexity index is 4020. The van der Waals surface area contributed by atoms with Crippen LogP contribution < -0.4 is 36.9 Å². The van der Waals surface area contributed by atoms with Gasteiger partial charge < -0.3 is 69.0 Å². The van der Waals surface area contributed by atoms with Crippen LogP contribution in [0.3, 0.4) is 0 Å². The van der Waals surface area contributed by atoms with Crippen molar-refractivity contribution in [1.82, 2.24) is 39.7 Å². The number of hydrogen-bond acceptors (Lipinski definition) is 22. The van der Waals surface area contributed by atoms with Gasteiger partial charge in [-0.05, 0) is 67.1 Å². The summed E-state index contributed by atoms with van der Waals surface area (Å²) in [6, 6.07) is 14.5. The lowest BCUT2D eigenvalue weighted by Gasteiger charge is -2.26. The molecule has 3 aromatic carbocycles. The van der Waals surface area contributed by atoms with E-state index < -0.39 is 69.4 Å². The number of halogens is 8. The first-order valence-electron chi connectivity index (χ1n) is 28.4. The quantitative estimate of drug-likeness (QED) is 0.00896. The fourth-order valence-corrected chi connectivity index (χ4v) is 8.47. The molecular formula is C60H61Cl2F6N14O14-. The Morgan fingerprint density at radius 3 is 1.55 bits per heavy atom. The highest BCUT2D eigenvalue weighted by molar-refractivity contribution is 6.67. The number of nitrogen functional groups attached to an aromatic ring is 1. The molecule has 10 rings (SSSR count). The molecule has 4 amide bonds. The Morgan fingerprint density at radius 1 is 0.604 bits per heavy atom. The number of Topliss-reactive ketones (excluding diaryl/α,β-unsaturated/α-hetero) is 1. The van der Waals surface area contributed by atoms with E-state index in [0.717, 1.165) is 88.4 Å². The summed E-state index contributed by atoms with van der Waals surface area (Å²) in [5.41, 5.74) is 6.06. The van der Waals surface area contributed by atoms with Gasteiger partial charge in [-0.3, -0.25) is 48.4 Å². The molecule has 0 bridgehead atoms. The summed E-state index contributed by atoms with van der Waals surface area (Å²) in [6.45, 7) is 12.1. The minimum Gasteiger partial charge on any atom is -0.857 e. The van der Waals surface area contributed by atoms with Gasteiger partial charge in [0.2, 0.25) is 17.3 Å². The Hall–Kier alpha value is -10.4. The number of aliphatic imine (C=N–C) groups is 1. The van der Waals surface area contributed by atoms with E-state index in [1.165, 1.54) is 25.1 Å². The smallest absolute Gasteiger partial charge is 0.377 e. The Morgan fingerprint density at radius 2 is 1.08 bits per heavy atom. The minimum absolute atomic E-state index is 0.0288. The summed E-state index contributed by atoms with van der Waals surface area (Å²) in [7, 11) is 3.46. The molecule has 2 aliphatic heterocycles. The lowest BCUT2D eigenvalue weighted by molar-refractivity contribution is -0.213. The highest BCUT2D eigenvalue weighted by Gasteiger charge is 2.22. The summed E-state index contributed by atoms with van der Waals surface area (Å²) in [6.07, 6.45) is 3.31. The molecule has 5 aromatic heterocycles. The van der Waals surface area contributed by atoms with Gasteiger partial charge in [-0.15, -0.1) is 0 Å². The molecule has 0 unspecified atom stereocenters. The van der Waals surface area contributed by atoms with Crippen LogP contribution in [0.15, 0.2) is 116 Å². The van der Waals surface area contributed by atoms with E-state index in [9.17, 15) is 65.0 Å². The first kappa shape index (κ1) is 74.6. The minimum atomic E-state index is -1.04. The zero-order valence-corrected chi connectivity index (χ0v) is 52.8. The van der Waals surface area contributed by atoms with Crippen LogP contribution in [0.5, 0.6) is 0 Å². The molecule has 8 aromatic rings. The van der Waals surface area contributed by atoms with E-state index in [-0.39, 0.29) is 63.4 Å². The normalized spacial score (nSPS) is 12.9. The average molecular weight is 1390 g/mol. The molecule has 0 spiro atoms. The largest absolute Gasteiger partial charge is 0.857 e. The molecule has 0 atom stereocenters. The molecule has 2 aliphatic rings. The zero-order chi connectivity index (χ0) is 70.0. The third-order valence-electron chi connectivity index (χ3n) is 13.0. The summed E-state index contributed by atoms with van der Waals surface area (Å²) < 4.78 is 110. The Labute approximate surface area is 551 Å². The molecule has 2 fully saturated rings.